The average molecular weight is 167 g/mol. The summed E-state index contributed by atoms with van der Waals surface area (Å²) in [6.45, 7) is 2.03. The Hall–Kier alpha value is -1.39. The smallest absolute Gasteiger partial charge is 0.315 e. The molecular weight excluding hydrogens is 158 g/mol. The van der Waals surface area contributed by atoms with Crippen molar-refractivity contribution >= 4 is 5.91 Å². The van der Waals surface area contributed by atoms with Crippen molar-refractivity contribution in [2.45, 2.75) is 25.2 Å². The van der Waals surface area contributed by atoms with Gasteiger partial charge >= 0.3 is 11.8 Å². The van der Waals surface area contributed by atoms with E-state index in [0.717, 1.165) is 12.8 Å². The molecule has 2 rings (SSSR count). The Labute approximate surface area is 68.9 Å². The fourth-order valence-corrected chi connectivity index (χ4v) is 0.980. The molecule has 0 saturated heterocycles. The number of rotatable bonds is 2. The van der Waals surface area contributed by atoms with Crippen LogP contribution in [0.2, 0.25) is 0 Å². The van der Waals surface area contributed by atoms with Crippen molar-refractivity contribution in [1.29, 1.82) is 0 Å². The first kappa shape index (κ1) is 7.27. The van der Waals surface area contributed by atoms with Crippen molar-refractivity contribution in [3.05, 3.63) is 11.7 Å². The summed E-state index contributed by atoms with van der Waals surface area (Å²) in [6, 6.07) is 0. The van der Waals surface area contributed by atoms with Crippen LogP contribution in [0.15, 0.2) is 4.52 Å². The molecule has 1 aromatic rings. The van der Waals surface area contributed by atoms with E-state index >= 15 is 0 Å². The normalized spacial score (nSPS) is 19.1. The topological polar surface area (TPSA) is 82.0 Å². The first-order valence-corrected chi connectivity index (χ1v) is 3.76. The van der Waals surface area contributed by atoms with Crippen LogP contribution in [-0.4, -0.2) is 16.0 Å². The van der Waals surface area contributed by atoms with Crippen LogP contribution in [0.4, 0.5) is 0 Å². The number of carbonyl (C=O) groups excluding carboxylic acids is 1. The molecule has 1 aliphatic rings. The third-order valence-corrected chi connectivity index (χ3v) is 2.18. The monoisotopic (exact) mass is 167 g/mol. The standard InChI is InChI=1S/C7H9N3O2/c1-7(2-3-7)6-9-5(4(8)11)12-10-6/h2-3H2,1H3,(H2,8,11). The van der Waals surface area contributed by atoms with Gasteiger partial charge in [-0.2, -0.15) is 4.98 Å². The van der Waals surface area contributed by atoms with E-state index in [2.05, 4.69) is 14.7 Å². The van der Waals surface area contributed by atoms with E-state index in [1.807, 2.05) is 6.92 Å². The second kappa shape index (κ2) is 2.06. The molecule has 2 N–H and O–H groups in total. The van der Waals surface area contributed by atoms with Gasteiger partial charge in [0.2, 0.25) is 0 Å². The fourth-order valence-electron chi connectivity index (χ4n) is 0.980. The maximum absolute atomic E-state index is 10.6. The van der Waals surface area contributed by atoms with Gasteiger partial charge in [0.1, 0.15) is 0 Å². The van der Waals surface area contributed by atoms with E-state index in [0.29, 0.717) is 5.82 Å². The van der Waals surface area contributed by atoms with E-state index in [4.69, 9.17) is 5.73 Å². The van der Waals surface area contributed by atoms with Gasteiger partial charge in [-0.1, -0.05) is 12.1 Å². The van der Waals surface area contributed by atoms with Crippen LogP contribution in [-0.2, 0) is 5.41 Å². The van der Waals surface area contributed by atoms with Crippen LogP contribution in [0, 0.1) is 0 Å². The van der Waals surface area contributed by atoms with Gasteiger partial charge < -0.3 is 10.3 Å². The van der Waals surface area contributed by atoms with Crippen LogP contribution in [0.1, 0.15) is 36.3 Å². The molecule has 64 valence electrons. The van der Waals surface area contributed by atoms with E-state index < -0.39 is 5.91 Å². The second-order valence-corrected chi connectivity index (χ2v) is 3.35. The molecule has 1 saturated carbocycles. The predicted molar refractivity (Wildman–Crippen MR) is 39.4 cm³/mol. The quantitative estimate of drug-likeness (QED) is 0.683. The van der Waals surface area contributed by atoms with Crippen molar-refractivity contribution in [2.75, 3.05) is 0 Å². The lowest BCUT2D eigenvalue weighted by Crippen LogP contribution is -2.12. The van der Waals surface area contributed by atoms with Crippen molar-refractivity contribution < 1.29 is 9.32 Å². The summed E-state index contributed by atoms with van der Waals surface area (Å²) in [5.74, 6) is -0.174. The first-order valence-electron chi connectivity index (χ1n) is 3.76. The molecule has 1 aromatic heterocycles. The summed E-state index contributed by atoms with van der Waals surface area (Å²) < 4.78 is 4.66. The molecule has 0 aliphatic heterocycles. The Morgan fingerprint density at radius 3 is 2.75 bits per heavy atom. The summed E-state index contributed by atoms with van der Waals surface area (Å²) in [5.41, 5.74) is 4.98. The van der Waals surface area contributed by atoms with Crippen LogP contribution < -0.4 is 5.73 Å². The zero-order valence-corrected chi connectivity index (χ0v) is 6.70. The van der Waals surface area contributed by atoms with Crippen LogP contribution >= 0.6 is 0 Å². The number of amides is 1. The van der Waals surface area contributed by atoms with Crippen LogP contribution in [0.25, 0.3) is 0 Å². The number of hydrogen-bond acceptors (Lipinski definition) is 4. The molecule has 1 amide bonds. The molecule has 0 aromatic carbocycles. The number of aromatic nitrogens is 2. The van der Waals surface area contributed by atoms with Gasteiger partial charge in [0.25, 0.3) is 0 Å². The Bertz CT molecular complexity index is 327. The van der Waals surface area contributed by atoms with Crippen molar-refractivity contribution in [2.24, 2.45) is 5.73 Å². The number of nitrogens with two attached hydrogens (primary N) is 1. The maximum Gasteiger partial charge on any atom is 0.315 e. The molecule has 5 heteroatoms. The zero-order chi connectivity index (χ0) is 8.77. The molecule has 0 atom stereocenters. The van der Waals surface area contributed by atoms with Crippen LogP contribution in [0.5, 0.6) is 0 Å². The van der Waals surface area contributed by atoms with E-state index in [9.17, 15) is 4.79 Å². The van der Waals surface area contributed by atoms with Gasteiger partial charge in [0, 0.05) is 5.41 Å². The second-order valence-electron chi connectivity index (χ2n) is 3.35. The predicted octanol–water partition coefficient (Wildman–Crippen LogP) is 0.220. The van der Waals surface area contributed by atoms with Gasteiger partial charge in [-0.3, -0.25) is 4.79 Å². The fraction of sp³-hybridized carbons (Fsp3) is 0.571. The lowest BCUT2D eigenvalue weighted by molar-refractivity contribution is 0.0958. The summed E-state index contributed by atoms with van der Waals surface area (Å²) in [4.78, 5) is 14.5. The molecular formula is C7H9N3O2. The minimum Gasteiger partial charge on any atom is -0.361 e. The van der Waals surface area contributed by atoms with Crippen molar-refractivity contribution in [1.82, 2.24) is 10.1 Å². The van der Waals surface area contributed by atoms with Crippen molar-refractivity contribution in [3.63, 3.8) is 0 Å². The Balaban J connectivity index is 2.30. The van der Waals surface area contributed by atoms with Crippen LogP contribution in [0.3, 0.4) is 0 Å². The molecule has 0 radical (unpaired) electrons. The maximum atomic E-state index is 10.6. The Morgan fingerprint density at radius 1 is 1.67 bits per heavy atom. The third kappa shape index (κ3) is 0.975. The number of hydrogen-bond donors (Lipinski definition) is 1. The molecule has 1 heterocycles. The minimum absolute atomic E-state index is 0.0250. The lowest BCUT2D eigenvalue weighted by atomic mass is 10.1. The highest BCUT2D eigenvalue weighted by Gasteiger charge is 2.43. The van der Waals surface area contributed by atoms with Gasteiger partial charge in [-0.25, -0.2) is 0 Å². The highest BCUT2D eigenvalue weighted by Crippen LogP contribution is 2.45. The molecule has 5 nitrogen and oxygen atoms in total. The average Bonchev–Trinajstić information content (AvgIpc) is 2.61. The van der Waals surface area contributed by atoms with Gasteiger partial charge in [0.05, 0.1) is 0 Å². The highest BCUT2D eigenvalue weighted by atomic mass is 16.5. The van der Waals surface area contributed by atoms with Gasteiger partial charge in [-0.15, -0.1) is 0 Å². The minimum atomic E-state index is -0.669. The lowest BCUT2D eigenvalue weighted by Gasteiger charge is -1.96. The zero-order valence-electron chi connectivity index (χ0n) is 6.70. The molecule has 0 spiro atoms. The highest BCUT2D eigenvalue weighted by molar-refractivity contribution is 5.87. The van der Waals surface area contributed by atoms with E-state index in [1.165, 1.54) is 0 Å². The van der Waals surface area contributed by atoms with Gasteiger partial charge in [0.15, 0.2) is 5.82 Å². The number of nitrogens with zero attached hydrogens (tertiary/aromatic N) is 2. The summed E-state index contributed by atoms with van der Waals surface area (Å²) >= 11 is 0. The number of carbonyl (C=O) groups is 1. The molecule has 1 fully saturated rings. The van der Waals surface area contributed by atoms with E-state index in [1.54, 1.807) is 0 Å². The molecule has 12 heavy (non-hydrogen) atoms. The van der Waals surface area contributed by atoms with Gasteiger partial charge in [-0.05, 0) is 12.8 Å². The molecule has 0 unspecified atom stereocenters. The molecule has 1 aliphatic carbocycles. The Kier molecular flexibility index (Phi) is 1.25. The largest absolute Gasteiger partial charge is 0.361 e. The number of primary amides is 1. The summed E-state index contributed by atoms with van der Waals surface area (Å²) in [5, 5.41) is 3.68. The molecule has 0 bridgehead atoms. The summed E-state index contributed by atoms with van der Waals surface area (Å²) in [6.07, 6.45) is 2.09. The van der Waals surface area contributed by atoms with Crippen molar-refractivity contribution in [3.8, 4) is 0 Å². The third-order valence-electron chi connectivity index (χ3n) is 2.18. The SMILES string of the molecule is CC1(c2noc(C(N)=O)n2)CC1. The van der Waals surface area contributed by atoms with E-state index in [-0.39, 0.29) is 11.3 Å². The summed E-state index contributed by atoms with van der Waals surface area (Å²) in [7, 11) is 0. The first-order chi connectivity index (χ1) is 5.62. The Morgan fingerprint density at radius 2 is 2.33 bits per heavy atom.